The third kappa shape index (κ3) is 9.55. The van der Waals surface area contributed by atoms with Gasteiger partial charge in [0.15, 0.2) is 9.84 Å². The minimum absolute atomic E-state index is 0.0315. The Labute approximate surface area is 227 Å². The molecule has 0 aromatic heterocycles. The highest BCUT2D eigenvalue weighted by Crippen LogP contribution is 2.36. The number of ether oxygens (including phenoxy) is 2. The lowest BCUT2D eigenvalue weighted by Crippen LogP contribution is -2.35. The highest BCUT2D eigenvalue weighted by atomic mass is 32.2. The average Bonchev–Trinajstić information content (AvgIpc) is 2.86. The monoisotopic (exact) mass is 546 g/mol. The summed E-state index contributed by atoms with van der Waals surface area (Å²) in [5.74, 6) is -1.04. The van der Waals surface area contributed by atoms with E-state index in [0.29, 0.717) is 19.3 Å². The molecule has 0 heterocycles. The zero-order valence-corrected chi connectivity index (χ0v) is 24.1. The lowest BCUT2D eigenvalue weighted by atomic mass is 9.75. The van der Waals surface area contributed by atoms with E-state index in [1.165, 1.54) is 7.11 Å². The second-order valence-electron chi connectivity index (χ2n) is 11.0. The van der Waals surface area contributed by atoms with Crippen LogP contribution in [0.1, 0.15) is 76.0 Å². The van der Waals surface area contributed by atoms with Gasteiger partial charge in [-0.25, -0.2) is 8.42 Å². The van der Waals surface area contributed by atoms with Crippen molar-refractivity contribution in [3.63, 3.8) is 0 Å². The van der Waals surface area contributed by atoms with Crippen LogP contribution in [0.5, 0.6) is 0 Å². The van der Waals surface area contributed by atoms with Crippen LogP contribution < -0.4 is 0 Å². The SMILES string of the molecule is COC(=O)CC(C)c1cccc([C@@](C)(CCCC(C)(C)CS(=O)(=O)CCO)C(=O)OCc2ccccc2)c1. The van der Waals surface area contributed by atoms with E-state index in [-0.39, 0.29) is 42.4 Å². The topological polar surface area (TPSA) is 107 Å². The molecule has 0 saturated carbocycles. The molecule has 0 fully saturated rings. The number of aliphatic hydroxyl groups is 1. The van der Waals surface area contributed by atoms with Gasteiger partial charge >= 0.3 is 11.9 Å². The molecule has 1 N–H and O–H groups in total. The van der Waals surface area contributed by atoms with Crippen molar-refractivity contribution in [1.82, 2.24) is 0 Å². The van der Waals surface area contributed by atoms with Crippen LogP contribution >= 0.6 is 0 Å². The number of hydrogen-bond acceptors (Lipinski definition) is 7. The lowest BCUT2D eigenvalue weighted by molar-refractivity contribution is -0.152. The van der Waals surface area contributed by atoms with Crippen LogP contribution in [0, 0.1) is 5.41 Å². The van der Waals surface area contributed by atoms with E-state index in [2.05, 4.69) is 0 Å². The van der Waals surface area contributed by atoms with Crippen molar-refractivity contribution in [3.8, 4) is 0 Å². The first-order valence-corrected chi connectivity index (χ1v) is 14.8. The zero-order valence-electron chi connectivity index (χ0n) is 23.2. The van der Waals surface area contributed by atoms with Crippen molar-refractivity contribution in [2.75, 3.05) is 25.2 Å². The fourth-order valence-corrected chi connectivity index (χ4v) is 6.44. The molecule has 0 aliphatic carbocycles. The number of sulfone groups is 1. The molecule has 0 radical (unpaired) electrons. The van der Waals surface area contributed by atoms with E-state index in [4.69, 9.17) is 14.6 Å². The molecule has 38 heavy (non-hydrogen) atoms. The molecule has 2 aromatic rings. The molecular formula is C30H42O7S. The summed E-state index contributed by atoms with van der Waals surface area (Å²) < 4.78 is 35.2. The summed E-state index contributed by atoms with van der Waals surface area (Å²) >= 11 is 0. The van der Waals surface area contributed by atoms with E-state index in [1.807, 2.05) is 82.3 Å². The van der Waals surface area contributed by atoms with Gasteiger partial charge in [0.25, 0.3) is 0 Å². The van der Waals surface area contributed by atoms with Crippen molar-refractivity contribution in [3.05, 3.63) is 71.3 Å². The van der Waals surface area contributed by atoms with E-state index in [9.17, 15) is 18.0 Å². The predicted molar refractivity (Wildman–Crippen MR) is 148 cm³/mol. The van der Waals surface area contributed by atoms with Crippen LogP contribution in [0.3, 0.4) is 0 Å². The Morgan fingerprint density at radius 2 is 1.68 bits per heavy atom. The zero-order chi connectivity index (χ0) is 28.4. The van der Waals surface area contributed by atoms with Gasteiger partial charge in [0.2, 0.25) is 0 Å². The molecule has 8 heteroatoms. The Morgan fingerprint density at radius 3 is 2.32 bits per heavy atom. The summed E-state index contributed by atoms with van der Waals surface area (Å²) in [6, 6.07) is 17.1. The van der Waals surface area contributed by atoms with Crippen molar-refractivity contribution in [1.29, 1.82) is 0 Å². The molecule has 0 aliphatic rings. The third-order valence-electron chi connectivity index (χ3n) is 7.00. The fourth-order valence-electron chi connectivity index (χ4n) is 4.69. The molecule has 7 nitrogen and oxygen atoms in total. The van der Waals surface area contributed by atoms with Crippen molar-refractivity contribution >= 4 is 21.8 Å². The maximum absolute atomic E-state index is 13.6. The van der Waals surface area contributed by atoms with Crippen LogP contribution in [0.15, 0.2) is 54.6 Å². The molecular weight excluding hydrogens is 504 g/mol. The smallest absolute Gasteiger partial charge is 0.316 e. The molecule has 210 valence electrons. The number of aliphatic hydroxyl groups excluding tert-OH is 1. The van der Waals surface area contributed by atoms with Crippen LogP contribution in [0.2, 0.25) is 0 Å². The minimum Gasteiger partial charge on any atom is -0.469 e. The summed E-state index contributed by atoms with van der Waals surface area (Å²) in [5.41, 5.74) is 1.11. The molecule has 1 unspecified atom stereocenters. The van der Waals surface area contributed by atoms with E-state index < -0.39 is 27.3 Å². The van der Waals surface area contributed by atoms with Gasteiger partial charge < -0.3 is 14.6 Å². The number of hydrogen-bond donors (Lipinski definition) is 1. The number of methoxy groups -OCH3 is 1. The number of carbonyl (C=O) groups excluding carboxylic acids is 2. The minimum atomic E-state index is -3.37. The van der Waals surface area contributed by atoms with E-state index in [1.54, 1.807) is 0 Å². The Balaban J connectivity index is 2.28. The van der Waals surface area contributed by atoms with E-state index in [0.717, 1.165) is 16.7 Å². The number of esters is 2. The standard InChI is InChI=1S/C30H42O7S/c1-23(19-27(32)36-5)25-13-9-14-26(20-25)30(4,28(33)37-21-24-11-7-6-8-12-24)16-10-15-29(2,3)22-38(34,35)18-17-31/h6-9,11-14,20,23,31H,10,15-19,21-22H2,1-5H3/t23?,30-/m1/s1. The maximum atomic E-state index is 13.6. The Bertz CT molecular complexity index is 1160. The van der Waals surface area contributed by atoms with Gasteiger partial charge in [-0.15, -0.1) is 0 Å². The van der Waals surface area contributed by atoms with Gasteiger partial charge in [-0.2, -0.15) is 0 Å². The molecule has 0 aliphatic heterocycles. The van der Waals surface area contributed by atoms with Crippen molar-refractivity contribution < 1.29 is 32.6 Å². The number of benzene rings is 2. The predicted octanol–water partition coefficient (Wildman–Crippen LogP) is 4.96. The summed E-state index contributed by atoms with van der Waals surface area (Å²) in [6.07, 6.45) is 1.86. The van der Waals surface area contributed by atoms with Crippen molar-refractivity contribution in [2.24, 2.45) is 5.41 Å². The number of rotatable bonds is 15. The second kappa shape index (κ2) is 13.9. The summed E-state index contributed by atoms with van der Waals surface area (Å²) in [7, 11) is -2.01. The molecule has 0 bridgehead atoms. The summed E-state index contributed by atoms with van der Waals surface area (Å²) in [4.78, 5) is 25.4. The van der Waals surface area contributed by atoms with Gasteiger partial charge in [0, 0.05) is 0 Å². The average molecular weight is 547 g/mol. The Kier molecular flexibility index (Phi) is 11.5. The highest BCUT2D eigenvalue weighted by Gasteiger charge is 2.38. The van der Waals surface area contributed by atoms with Crippen LogP contribution in [-0.2, 0) is 40.9 Å². The first kappa shape index (κ1) is 31.5. The Hall–Kier alpha value is -2.71. The normalized spacial score (nSPS) is 14.4. The van der Waals surface area contributed by atoms with E-state index >= 15 is 0 Å². The highest BCUT2D eigenvalue weighted by molar-refractivity contribution is 7.91. The van der Waals surface area contributed by atoms with Gasteiger partial charge in [0.1, 0.15) is 6.61 Å². The van der Waals surface area contributed by atoms with Gasteiger partial charge in [-0.3, -0.25) is 9.59 Å². The first-order valence-electron chi connectivity index (χ1n) is 13.0. The summed E-state index contributed by atoms with van der Waals surface area (Å²) in [5, 5.41) is 9.07. The van der Waals surface area contributed by atoms with Gasteiger partial charge in [0.05, 0.1) is 37.1 Å². The molecule has 0 amide bonds. The molecule has 2 aromatic carbocycles. The molecule has 0 spiro atoms. The third-order valence-corrected chi connectivity index (χ3v) is 9.03. The fraction of sp³-hybridized carbons (Fsp3) is 0.533. The van der Waals surface area contributed by atoms with Crippen LogP contribution in [-0.4, -0.2) is 50.7 Å². The molecule has 2 atom stereocenters. The molecule has 2 rings (SSSR count). The molecule has 0 saturated heterocycles. The number of carbonyl (C=O) groups is 2. The quantitative estimate of drug-likeness (QED) is 0.315. The van der Waals surface area contributed by atoms with Crippen molar-refractivity contribution in [2.45, 2.75) is 71.3 Å². The lowest BCUT2D eigenvalue weighted by Gasteiger charge is -2.31. The van der Waals surface area contributed by atoms with Gasteiger partial charge in [-0.05, 0) is 47.8 Å². The maximum Gasteiger partial charge on any atom is 0.316 e. The van der Waals surface area contributed by atoms with Gasteiger partial charge in [-0.1, -0.05) is 81.8 Å². The Morgan fingerprint density at radius 1 is 1.00 bits per heavy atom. The first-order chi connectivity index (χ1) is 17.8. The summed E-state index contributed by atoms with van der Waals surface area (Å²) in [6.45, 7) is 7.34. The van der Waals surface area contributed by atoms with Crippen LogP contribution in [0.4, 0.5) is 0 Å². The largest absolute Gasteiger partial charge is 0.469 e. The second-order valence-corrected chi connectivity index (χ2v) is 13.2. The van der Waals surface area contributed by atoms with Crippen LogP contribution in [0.25, 0.3) is 0 Å².